The van der Waals surface area contributed by atoms with E-state index in [1.54, 1.807) is 30.3 Å². The standard InChI is InChI=1S/C26H28N2O5/c1-16-11-19(17(2)27-21-6-4-3-5-18(21)25(30)31)24-20(12-16)22(29)13-23(33-24)28-9-7-26(8-10-28)14-32-15-26/h3-6,11-13,17,27H,7-10,14-15H2,1-2H3,(H,30,31). The van der Waals surface area contributed by atoms with Crippen LogP contribution in [-0.2, 0) is 4.74 Å². The molecule has 0 aliphatic carbocycles. The van der Waals surface area contributed by atoms with Crippen molar-refractivity contribution in [3.05, 3.63) is 69.4 Å². The van der Waals surface area contributed by atoms with Crippen molar-refractivity contribution in [1.29, 1.82) is 0 Å². The minimum atomic E-state index is -0.993. The highest BCUT2D eigenvalue weighted by atomic mass is 16.5. The van der Waals surface area contributed by atoms with Gasteiger partial charge in [-0.1, -0.05) is 18.2 Å². The van der Waals surface area contributed by atoms with Crippen molar-refractivity contribution < 1.29 is 19.1 Å². The van der Waals surface area contributed by atoms with Crippen molar-refractivity contribution in [2.24, 2.45) is 5.41 Å². The van der Waals surface area contributed by atoms with Gasteiger partial charge in [-0.25, -0.2) is 4.79 Å². The molecular formula is C26H28N2O5. The summed E-state index contributed by atoms with van der Waals surface area (Å²) in [6.07, 6.45) is 2.05. The molecule has 2 aliphatic rings. The predicted octanol–water partition coefficient (Wildman–Crippen LogP) is 4.59. The molecule has 7 nitrogen and oxygen atoms in total. The van der Waals surface area contributed by atoms with E-state index in [-0.39, 0.29) is 17.0 Å². The molecule has 2 aromatic carbocycles. The quantitative estimate of drug-likeness (QED) is 0.590. The van der Waals surface area contributed by atoms with Gasteiger partial charge in [-0.3, -0.25) is 4.79 Å². The monoisotopic (exact) mass is 448 g/mol. The Bertz CT molecular complexity index is 1270. The Morgan fingerprint density at radius 1 is 1.15 bits per heavy atom. The lowest BCUT2D eigenvalue weighted by Gasteiger charge is -2.47. The molecule has 0 radical (unpaired) electrons. The van der Waals surface area contributed by atoms with Crippen LogP contribution in [0.5, 0.6) is 0 Å². The van der Waals surface area contributed by atoms with Crippen LogP contribution in [0.25, 0.3) is 11.0 Å². The minimum absolute atomic E-state index is 0.0680. The summed E-state index contributed by atoms with van der Waals surface area (Å²) in [5, 5.41) is 13.4. The van der Waals surface area contributed by atoms with Gasteiger partial charge in [0, 0.05) is 35.8 Å². The molecule has 172 valence electrons. The normalized spacial score (nSPS) is 18.2. The number of anilines is 2. The number of carbonyl (C=O) groups is 1. The highest BCUT2D eigenvalue weighted by molar-refractivity contribution is 5.94. The third kappa shape index (κ3) is 3.97. The fraction of sp³-hybridized carbons (Fsp3) is 0.385. The van der Waals surface area contributed by atoms with Crippen molar-refractivity contribution >= 4 is 28.5 Å². The third-order valence-electron chi connectivity index (χ3n) is 6.94. The zero-order chi connectivity index (χ0) is 23.2. The fourth-order valence-electron chi connectivity index (χ4n) is 4.89. The lowest BCUT2D eigenvalue weighted by atomic mass is 9.77. The summed E-state index contributed by atoms with van der Waals surface area (Å²) >= 11 is 0. The predicted molar refractivity (Wildman–Crippen MR) is 127 cm³/mol. The minimum Gasteiger partial charge on any atom is -0.478 e. The summed E-state index contributed by atoms with van der Waals surface area (Å²) in [6, 6.07) is 12.0. The van der Waals surface area contributed by atoms with E-state index in [0.717, 1.165) is 50.3 Å². The topological polar surface area (TPSA) is 92.0 Å². The summed E-state index contributed by atoms with van der Waals surface area (Å²) < 4.78 is 11.8. The number of nitrogens with one attached hydrogen (secondary N) is 1. The maximum Gasteiger partial charge on any atom is 0.337 e. The third-order valence-corrected chi connectivity index (χ3v) is 6.94. The van der Waals surface area contributed by atoms with Gasteiger partial charge in [0.05, 0.1) is 30.2 Å². The Morgan fingerprint density at radius 3 is 2.55 bits per heavy atom. The molecule has 1 unspecified atom stereocenters. The molecule has 2 saturated heterocycles. The Hall–Kier alpha value is -3.32. The average Bonchev–Trinajstić information content (AvgIpc) is 2.78. The highest BCUT2D eigenvalue weighted by Crippen LogP contribution is 2.40. The maximum atomic E-state index is 13.1. The largest absolute Gasteiger partial charge is 0.478 e. The van der Waals surface area contributed by atoms with Gasteiger partial charge in [0.1, 0.15) is 5.58 Å². The Labute approximate surface area is 192 Å². The van der Waals surface area contributed by atoms with E-state index in [9.17, 15) is 14.7 Å². The summed E-state index contributed by atoms with van der Waals surface area (Å²) in [5.41, 5.74) is 3.27. The van der Waals surface area contributed by atoms with Gasteiger partial charge in [-0.15, -0.1) is 0 Å². The van der Waals surface area contributed by atoms with Gasteiger partial charge < -0.3 is 24.5 Å². The number of carboxylic acids is 1. The first-order chi connectivity index (χ1) is 15.8. The van der Waals surface area contributed by atoms with Crippen molar-refractivity contribution in [1.82, 2.24) is 0 Å². The zero-order valence-electron chi connectivity index (χ0n) is 18.9. The van der Waals surface area contributed by atoms with Crippen LogP contribution in [0.2, 0.25) is 0 Å². The van der Waals surface area contributed by atoms with Gasteiger partial charge in [-0.2, -0.15) is 0 Å². The number of aryl methyl sites for hydroxylation is 1. The maximum absolute atomic E-state index is 13.1. The summed E-state index contributed by atoms with van der Waals surface area (Å²) in [6.45, 7) is 7.21. The lowest BCUT2D eigenvalue weighted by molar-refractivity contribution is -0.124. The van der Waals surface area contributed by atoms with Gasteiger partial charge in [0.2, 0.25) is 0 Å². The molecule has 0 bridgehead atoms. The van der Waals surface area contributed by atoms with Crippen molar-refractivity contribution in [3.8, 4) is 0 Å². The molecule has 0 amide bonds. The second-order valence-corrected chi connectivity index (χ2v) is 9.38. The number of piperidine rings is 1. The molecule has 1 aromatic heterocycles. The van der Waals surface area contributed by atoms with E-state index in [4.69, 9.17) is 9.15 Å². The van der Waals surface area contributed by atoms with E-state index < -0.39 is 5.97 Å². The number of rotatable bonds is 5. The van der Waals surface area contributed by atoms with Gasteiger partial charge in [-0.05, 0) is 50.5 Å². The number of aromatic carboxylic acids is 1. The van der Waals surface area contributed by atoms with Crippen LogP contribution < -0.4 is 15.6 Å². The van der Waals surface area contributed by atoms with E-state index >= 15 is 0 Å². The fourth-order valence-corrected chi connectivity index (χ4v) is 4.89. The molecule has 2 fully saturated rings. The van der Waals surface area contributed by atoms with Crippen LogP contribution >= 0.6 is 0 Å². The molecule has 5 rings (SSSR count). The number of ether oxygens (including phenoxy) is 1. The molecule has 0 saturated carbocycles. The number of carboxylic acid groups (broad SMARTS) is 1. The first kappa shape index (κ1) is 21.5. The SMILES string of the molecule is Cc1cc(C(C)Nc2ccccc2C(=O)O)c2oc(N3CCC4(CC3)COC4)cc(=O)c2c1. The molecule has 7 heteroatoms. The number of benzene rings is 2. The Morgan fingerprint density at radius 2 is 1.88 bits per heavy atom. The molecule has 33 heavy (non-hydrogen) atoms. The van der Waals surface area contributed by atoms with Crippen LogP contribution in [0.3, 0.4) is 0 Å². The molecule has 2 N–H and O–H groups in total. The smallest absolute Gasteiger partial charge is 0.337 e. The summed E-state index contributed by atoms with van der Waals surface area (Å²) in [7, 11) is 0. The molecular weight excluding hydrogens is 420 g/mol. The number of hydrogen-bond acceptors (Lipinski definition) is 6. The number of fused-ring (bicyclic) bond motifs is 1. The van der Waals surface area contributed by atoms with Crippen LogP contribution in [0, 0.1) is 12.3 Å². The first-order valence-electron chi connectivity index (χ1n) is 11.4. The van der Waals surface area contributed by atoms with E-state index in [1.807, 2.05) is 26.0 Å². The molecule has 1 spiro atoms. The Balaban J connectivity index is 1.51. The molecule has 3 aromatic rings. The summed E-state index contributed by atoms with van der Waals surface area (Å²) in [4.78, 5) is 26.8. The highest BCUT2D eigenvalue weighted by Gasteiger charge is 2.41. The van der Waals surface area contributed by atoms with Crippen LogP contribution in [0.15, 0.2) is 51.7 Å². The average molecular weight is 449 g/mol. The second kappa shape index (κ2) is 8.23. The Kier molecular flexibility index (Phi) is 5.37. The summed E-state index contributed by atoms with van der Waals surface area (Å²) in [5.74, 6) is -0.404. The van der Waals surface area contributed by atoms with E-state index in [0.29, 0.717) is 28.0 Å². The lowest BCUT2D eigenvalue weighted by Crippen LogP contribution is -2.51. The van der Waals surface area contributed by atoms with Gasteiger partial charge >= 0.3 is 5.97 Å². The van der Waals surface area contributed by atoms with Crippen molar-refractivity contribution in [3.63, 3.8) is 0 Å². The van der Waals surface area contributed by atoms with E-state index in [2.05, 4.69) is 10.2 Å². The molecule has 3 heterocycles. The molecule has 2 aliphatic heterocycles. The second-order valence-electron chi connectivity index (χ2n) is 9.38. The number of nitrogens with zero attached hydrogens (tertiary/aromatic N) is 1. The van der Waals surface area contributed by atoms with Crippen LogP contribution in [0.4, 0.5) is 11.6 Å². The van der Waals surface area contributed by atoms with Crippen LogP contribution in [0.1, 0.15) is 47.3 Å². The van der Waals surface area contributed by atoms with Gasteiger partial charge in [0.15, 0.2) is 11.3 Å². The van der Waals surface area contributed by atoms with Crippen LogP contribution in [-0.4, -0.2) is 37.4 Å². The zero-order valence-corrected chi connectivity index (χ0v) is 18.9. The number of para-hydroxylation sites is 1. The molecule has 1 atom stereocenters. The van der Waals surface area contributed by atoms with Crippen molar-refractivity contribution in [2.75, 3.05) is 36.5 Å². The van der Waals surface area contributed by atoms with Crippen molar-refractivity contribution in [2.45, 2.75) is 32.7 Å². The number of hydrogen-bond donors (Lipinski definition) is 2. The first-order valence-corrected chi connectivity index (χ1v) is 11.4. The van der Waals surface area contributed by atoms with Gasteiger partial charge in [0.25, 0.3) is 0 Å². The van der Waals surface area contributed by atoms with E-state index in [1.165, 1.54) is 0 Å².